The zero-order chi connectivity index (χ0) is 17.3. The molecular weight excluding hydrogens is 306 g/mol. The lowest BCUT2D eigenvalue weighted by Crippen LogP contribution is -2.48. The van der Waals surface area contributed by atoms with Crippen LogP contribution in [0.5, 0.6) is 5.75 Å². The molecule has 3 N–H and O–H groups in total. The minimum atomic E-state index is -0.335. The van der Waals surface area contributed by atoms with E-state index in [-0.39, 0.29) is 23.8 Å². The van der Waals surface area contributed by atoms with Gasteiger partial charge in [0.25, 0.3) is 5.91 Å². The third kappa shape index (κ3) is 3.09. The molecule has 2 amide bonds. The molecule has 1 aromatic heterocycles. The number of carbonyl (C=O) groups excluding carboxylic acids is 2. The Hall–Kier alpha value is -2.50. The zero-order valence-corrected chi connectivity index (χ0v) is 14.0. The van der Waals surface area contributed by atoms with Crippen molar-refractivity contribution in [3.05, 3.63) is 30.0 Å². The molecule has 128 valence electrons. The Morgan fingerprint density at radius 3 is 2.83 bits per heavy atom. The number of nitrogens with one attached hydrogen (secondary N) is 1. The van der Waals surface area contributed by atoms with Crippen LogP contribution < -0.4 is 10.5 Å². The highest BCUT2D eigenvalue weighted by Gasteiger charge is 2.32. The number of benzene rings is 1. The molecule has 2 heterocycles. The van der Waals surface area contributed by atoms with Crippen molar-refractivity contribution in [3.8, 4) is 5.75 Å². The van der Waals surface area contributed by atoms with Crippen molar-refractivity contribution in [1.29, 1.82) is 0 Å². The first-order chi connectivity index (χ1) is 11.5. The van der Waals surface area contributed by atoms with Crippen LogP contribution in [0, 0.1) is 5.92 Å². The molecule has 3 rings (SSSR count). The summed E-state index contributed by atoms with van der Waals surface area (Å²) in [6.45, 7) is 4.92. The van der Waals surface area contributed by atoms with Crippen LogP contribution in [0.25, 0.3) is 10.9 Å². The monoisotopic (exact) mass is 329 g/mol. The van der Waals surface area contributed by atoms with Gasteiger partial charge >= 0.3 is 0 Å². The van der Waals surface area contributed by atoms with Crippen molar-refractivity contribution in [2.24, 2.45) is 11.7 Å². The fourth-order valence-corrected chi connectivity index (χ4v) is 3.25. The quantitative estimate of drug-likeness (QED) is 0.902. The lowest BCUT2D eigenvalue weighted by molar-refractivity contribution is -0.123. The molecule has 2 atom stereocenters. The number of hydrogen-bond donors (Lipinski definition) is 2. The first kappa shape index (κ1) is 16.4. The van der Waals surface area contributed by atoms with E-state index in [9.17, 15) is 9.59 Å². The van der Waals surface area contributed by atoms with Crippen LogP contribution in [0.3, 0.4) is 0 Å². The molecular formula is C18H23N3O3. The third-order valence-electron chi connectivity index (χ3n) is 4.68. The number of hydrogen-bond acceptors (Lipinski definition) is 3. The van der Waals surface area contributed by atoms with E-state index in [1.54, 1.807) is 4.90 Å². The molecule has 0 spiro atoms. The molecule has 6 nitrogen and oxygen atoms in total. The van der Waals surface area contributed by atoms with Gasteiger partial charge in [0, 0.05) is 29.6 Å². The summed E-state index contributed by atoms with van der Waals surface area (Å²) in [6.07, 6.45) is 1.53. The highest BCUT2D eigenvalue weighted by Crippen LogP contribution is 2.26. The SMILES string of the molecule is CCOc1ccc2cc(C(=O)N3CC(C(N)=O)CCC3C)[nH]c2c1. The number of ether oxygens (including phenoxy) is 1. The van der Waals surface area contributed by atoms with E-state index in [4.69, 9.17) is 10.5 Å². The van der Waals surface area contributed by atoms with Gasteiger partial charge in [0.1, 0.15) is 11.4 Å². The van der Waals surface area contributed by atoms with Crippen LogP contribution in [-0.2, 0) is 4.79 Å². The van der Waals surface area contributed by atoms with Gasteiger partial charge in [-0.05, 0) is 44.9 Å². The van der Waals surface area contributed by atoms with E-state index in [0.717, 1.165) is 29.5 Å². The zero-order valence-electron chi connectivity index (χ0n) is 14.0. The third-order valence-corrected chi connectivity index (χ3v) is 4.68. The van der Waals surface area contributed by atoms with E-state index in [1.165, 1.54) is 0 Å². The Kier molecular flexibility index (Phi) is 4.46. The van der Waals surface area contributed by atoms with Gasteiger partial charge in [-0.2, -0.15) is 0 Å². The number of nitrogens with two attached hydrogens (primary N) is 1. The summed E-state index contributed by atoms with van der Waals surface area (Å²) < 4.78 is 5.49. The summed E-state index contributed by atoms with van der Waals surface area (Å²) in [5.41, 5.74) is 6.81. The second kappa shape index (κ2) is 6.55. The molecule has 1 aliphatic heterocycles. The molecule has 0 bridgehead atoms. The molecule has 0 aliphatic carbocycles. The first-order valence-corrected chi connectivity index (χ1v) is 8.35. The maximum absolute atomic E-state index is 12.9. The van der Waals surface area contributed by atoms with Crippen molar-refractivity contribution in [1.82, 2.24) is 9.88 Å². The van der Waals surface area contributed by atoms with Crippen molar-refractivity contribution < 1.29 is 14.3 Å². The van der Waals surface area contributed by atoms with Crippen molar-refractivity contribution in [2.75, 3.05) is 13.2 Å². The minimum absolute atomic E-state index is 0.0948. The van der Waals surface area contributed by atoms with E-state index in [2.05, 4.69) is 4.98 Å². The number of piperidine rings is 1. The number of amides is 2. The Labute approximate surface area is 141 Å². The van der Waals surface area contributed by atoms with E-state index < -0.39 is 0 Å². The van der Waals surface area contributed by atoms with Gasteiger partial charge in [-0.1, -0.05) is 0 Å². The van der Waals surface area contributed by atoms with Gasteiger partial charge < -0.3 is 20.4 Å². The summed E-state index contributed by atoms with van der Waals surface area (Å²) in [7, 11) is 0. The van der Waals surface area contributed by atoms with Crippen LogP contribution in [0.2, 0.25) is 0 Å². The van der Waals surface area contributed by atoms with Crippen LogP contribution in [0.15, 0.2) is 24.3 Å². The second-order valence-electron chi connectivity index (χ2n) is 6.35. The smallest absolute Gasteiger partial charge is 0.270 e. The Balaban J connectivity index is 1.85. The van der Waals surface area contributed by atoms with Crippen molar-refractivity contribution in [3.63, 3.8) is 0 Å². The van der Waals surface area contributed by atoms with Crippen LogP contribution in [0.4, 0.5) is 0 Å². The van der Waals surface area contributed by atoms with Gasteiger partial charge in [0.05, 0.1) is 12.5 Å². The average Bonchev–Trinajstić information content (AvgIpc) is 2.98. The van der Waals surface area contributed by atoms with Crippen molar-refractivity contribution >= 4 is 22.7 Å². The molecule has 6 heteroatoms. The van der Waals surface area contributed by atoms with Crippen LogP contribution in [-0.4, -0.2) is 40.9 Å². The van der Waals surface area contributed by atoms with E-state index in [1.807, 2.05) is 38.1 Å². The molecule has 0 radical (unpaired) electrons. The summed E-state index contributed by atoms with van der Waals surface area (Å²) in [5.74, 6) is 0.0744. The molecule has 1 saturated heterocycles. The maximum atomic E-state index is 12.9. The van der Waals surface area contributed by atoms with Crippen molar-refractivity contribution in [2.45, 2.75) is 32.7 Å². The fourth-order valence-electron chi connectivity index (χ4n) is 3.25. The highest BCUT2D eigenvalue weighted by molar-refractivity contribution is 5.98. The van der Waals surface area contributed by atoms with Gasteiger partial charge in [0.2, 0.25) is 5.91 Å². The van der Waals surface area contributed by atoms with Crippen LogP contribution >= 0.6 is 0 Å². The largest absolute Gasteiger partial charge is 0.494 e. The molecule has 2 unspecified atom stereocenters. The Bertz CT molecular complexity index is 768. The molecule has 1 aromatic carbocycles. The Morgan fingerprint density at radius 2 is 2.12 bits per heavy atom. The number of primary amides is 1. The molecule has 0 saturated carbocycles. The van der Waals surface area contributed by atoms with Crippen LogP contribution in [0.1, 0.15) is 37.2 Å². The number of aromatic amines is 1. The molecule has 24 heavy (non-hydrogen) atoms. The van der Waals surface area contributed by atoms with Gasteiger partial charge in [-0.3, -0.25) is 9.59 Å². The first-order valence-electron chi connectivity index (χ1n) is 8.35. The topological polar surface area (TPSA) is 88.4 Å². The predicted molar refractivity (Wildman–Crippen MR) is 91.9 cm³/mol. The predicted octanol–water partition coefficient (Wildman–Crippen LogP) is 2.29. The lowest BCUT2D eigenvalue weighted by atomic mass is 9.92. The summed E-state index contributed by atoms with van der Waals surface area (Å²) >= 11 is 0. The number of fused-ring (bicyclic) bond motifs is 1. The fraction of sp³-hybridized carbons (Fsp3) is 0.444. The normalized spacial score (nSPS) is 21.0. The van der Waals surface area contributed by atoms with Gasteiger partial charge in [-0.25, -0.2) is 0 Å². The van der Waals surface area contributed by atoms with Gasteiger partial charge in [0.15, 0.2) is 0 Å². The molecule has 2 aromatic rings. The summed E-state index contributed by atoms with van der Waals surface area (Å²) in [4.78, 5) is 29.2. The highest BCUT2D eigenvalue weighted by atomic mass is 16.5. The van der Waals surface area contributed by atoms with E-state index in [0.29, 0.717) is 18.8 Å². The van der Waals surface area contributed by atoms with Gasteiger partial charge in [-0.15, -0.1) is 0 Å². The maximum Gasteiger partial charge on any atom is 0.270 e. The standard InChI is InChI=1S/C18H23N3O3/c1-3-24-14-7-6-12-8-16(20-15(12)9-14)18(23)21-10-13(17(19)22)5-4-11(21)2/h6-9,11,13,20H,3-5,10H2,1-2H3,(H2,19,22). The minimum Gasteiger partial charge on any atom is -0.494 e. The lowest BCUT2D eigenvalue weighted by Gasteiger charge is -2.36. The number of nitrogens with zero attached hydrogens (tertiary/aromatic N) is 1. The number of H-pyrrole nitrogens is 1. The number of aromatic nitrogens is 1. The summed E-state index contributed by atoms with van der Waals surface area (Å²) in [5, 5.41) is 0.956. The Morgan fingerprint density at radius 1 is 1.33 bits per heavy atom. The molecule has 1 aliphatic rings. The van der Waals surface area contributed by atoms with E-state index >= 15 is 0 Å². The number of carbonyl (C=O) groups is 2. The second-order valence-corrected chi connectivity index (χ2v) is 6.35. The average molecular weight is 329 g/mol. The molecule has 1 fully saturated rings. The number of likely N-dealkylation sites (tertiary alicyclic amines) is 1. The summed E-state index contributed by atoms with van der Waals surface area (Å²) in [6, 6.07) is 7.65. The number of rotatable bonds is 4.